The maximum Gasteiger partial charge on any atom is 0.331 e. The zero-order valence-corrected chi connectivity index (χ0v) is 19.6. The normalized spacial score (nSPS) is 12.0. The van der Waals surface area contributed by atoms with E-state index in [1.54, 1.807) is 28.2 Å². The fourth-order valence-electron chi connectivity index (χ4n) is 3.57. The van der Waals surface area contributed by atoms with Crippen LogP contribution in [0.1, 0.15) is 11.4 Å². The third-order valence-corrected chi connectivity index (χ3v) is 6.17. The van der Waals surface area contributed by atoms with Gasteiger partial charge >= 0.3 is 5.97 Å². The first-order valence-electron chi connectivity index (χ1n) is 10.9. The van der Waals surface area contributed by atoms with Crippen molar-refractivity contribution in [2.75, 3.05) is 6.61 Å². The summed E-state index contributed by atoms with van der Waals surface area (Å²) in [6.07, 6.45) is 4.72. The number of nitrogens with one attached hydrogen (secondary N) is 1. The van der Waals surface area contributed by atoms with Crippen molar-refractivity contribution in [2.45, 2.75) is 0 Å². The Balaban J connectivity index is 1.33. The molecular formula is C27H19N5O3S. The number of carbonyl (C=O) groups is 1. The number of ether oxygens (including phenoxy) is 1. The molecule has 0 amide bonds. The first kappa shape index (κ1) is 22.8. The third-order valence-electron chi connectivity index (χ3n) is 5.29. The summed E-state index contributed by atoms with van der Waals surface area (Å²) in [5, 5.41) is 26.6. The lowest BCUT2D eigenvalue weighted by Crippen LogP contribution is -2.06. The van der Waals surface area contributed by atoms with Gasteiger partial charge in [0.2, 0.25) is 0 Å². The Kier molecular flexibility index (Phi) is 6.42. The van der Waals surface area contributed by atoms with E-state index in [0.29, 0.717) is 5.52 Å². The number of aromatic amines is 1. The van der Waals surface area contributed by atoms with Gasteiger partial charge in [-0.3, -0.25) is 0 Å². The predicted octanol–water partition coefficient (Wildman–Crippen LogP) is 5.53. The molecule has 0 aliphatic rings. The van der Waals surface area contributed by atoms with Crippen molar-refractivity contribution < 1.29 is 14.6 Å². The number of nitriles is 1. The summed E-state index contributed by atoms with van der Waals surface area (Å²) in [6.45, 7) is -0.468. The van der Waals surface area contributed by atoms with Crippen molar-refractivity contribution in [1.29, 1.82) is 5.26 Å². The largest absolute Gasteiger partial charge is 0.507 e. The molecule has 2 N–H and O–H groups in total. The highest BCUT2D eigenvalue weighted by Gasteiger charge is 2.15. The fraction of sp³-hybridized carbons (Fsp3) is 0.0370. The molecule has 5 aromatic rings. The molecule has 176 valence electrons. The number of nitrogens with zero attached hydrogens (tertiary/aromatic N) is 4. The molecule has 0 aliphatic carbocycles. The van der Waals surface area contributed by atoms with Gasteiger partial charge in [0.1, 0.15) is 23.9 Å². The van der Waals surface area contributed by atoms with Crippen molar-refractivity contribution >= 4 is 40.0 Å². The molecule has 0 saturated carbocycles. The maximum atomic E-state index is 12.4. The van der Waals surface area contributed by atoms with Crippen LogP contribution in [-0.4, -0.2) is 37.4 Å². The predicted molar refractivity (Wildman–Crippen MR) is 138 cm³/mol. The van der Waals surface area contributed by atoms with Gasteiger partial charge in [-0.2, -0.15) is 10.4 Å². The second-order valence-corrected chi connectivity index (χ2v) is 8.62. The van der Waals surface area contributed by atoms with Gasteiger partial charge in [0.05, 0.1) is 21.6 Å². The van der Waals surface area contributed by atoms with E-state index in [-0.39, 0.29) is 11.4 Å². The molecule has 2 aromatic carbocycles. The Bertz CT molecular complexity index is 1590. The van der Waals surface area contributed by atoms with E-state index in [4.69, 9.17) is 9.84 Å². The number of aromatic nitrogens is 4. The Morgan fingerprint density at radius 1 is 1.14 bits per heavy atom. The van der Waals surface area contributed by atoms with Gasteiger partial charge in [0, 0.05) is 17.8 Å². The van der Waals surface area contributed by atoms with Gasteiger partial charge in [-0.05, 0) is 41.8 Å². The molecule has 0 fully saturated rings. The van der Waals surface area contributed by atoms with Crippen LogP contribution in [0.3, 0.4) is 0 Å². The van der Waals surface area contributed by atoms with Gasteiger partial charge in [-0.15, -0.1) is 11.3 Å². The summed E-state index contributed by atoms with van der Waals surface area (Å²) in [4.78, 5) is 20.7. The second-order valence-electron chi connectivity index (χ2n) is 7.67. The number of imidazole rings is 1. The first-order chi connectivity index (χ1) is 17.6. The minimum Gasteiger partial charge on any atom is -0.507 e. The molecule has 0 bridgehead atoms. The number of hydrogen-bond donors (Lipinski definition) is 2. The SMILES string of the molecule is N#CC(=C(O)COC(=O)C=Cc1cn(-c2ccccc2)nc1-c1cccs1)c1nc2ccccc2[nH]1. The smallest absolute Gasteiger partial charge is 0.331 e. The van der Waals surface area contributed by atoms with Gasteiger partial charge in [-0.25, -0.2) is 14.5 Å². The number of H-pyrrole nitrogens is 1. The summed E-state index contributed by atoms with van der Waals surface area (Å²) < 4.78 is 6.93. The number of thiophene rings is 1. The zero-order valence-electron chi connectivity index (χ0n) is 18.8. The van der Waals surface area contributed by atoms with Crippen LogP contribution < -0.4 is 0 Å². The number of carbonyl (C=O) groups excluding carboxylic acids is 1. The van der Waals surface area contributed by atoms with Crippen molar-refractivity contribution in [1.82, 2.24) is 19.7 Å². The molecule has 3 heterocycles. The lowest BCUT2D eigenvalue weighted by Gasteiger charge is -2.03. The quantitative estimate of drug-likeness (QED) is 0.133. The average Bonchev–Trinajstić information content (AvgIpc) is 3.66. The zero-order chi connectivity index (χ0) is 24.9. The Labute approximate surface area is 210 Å². The number of fused-ring (bicyclic) bond motifs is 1. The lowest BCUT2D eigenvalue weighted by atomic mass is 10.2. The van der Waals surface area contributed by atoms with Crippen LogP contribution in [0.4, 0.5) is 0 Å². The molecule has 0 atom stereocenters. The van der Waals surface area contributed by atoms with Crippen molar-refractivity contribution in [3.63, 3.8) is 0 Å². The molecule has 0 unspecified atom stereocenters. The van der Waals surface area contributed by atoms with E-state index in [2.05, 4.69) is 9.97 Å². The van der Waals surface area contributed by atoms with Gasteiger partial charge in [-0.1, -0.05) is 36.4 Å². The summed E-state index contributed by atoms with van der Waals surface area (Å²) in [5.41, 5.74) is 3.65. The number of para-hydroxylation sites is 3. The minimum absolute atomic E-state index is 0.0906. The second kappa shape index (κ2) is 10.1. The summed E-state index contributed by atoms with van der Waals surface area (Å²) >= 11 is 1.55. The van der Waals surface area contributed by atoms with Crippen LogP contribution in [0.5, 0.6) is 0 Å². The van der Waals surface area contributed by atoms with E-state index in [9.17, 15) is 15.2 Å². The molecule has 9 heteroatoms. The van der Waals surface area contributed by atoms with Gasteiger partial charge in [0.25, 0.3) is 0 Å². The summed E-state index contributed by atoms with van der Waals surface area (Å²) in [7, 11) is 0. The first-order valence-corrected chi connectivity index (χ1v) is 11.8. The monoisotopic (exact) mass is 493 g/mol. The molecule has 0 spiro atoms. The standard InChI is InChI=1S/C27H19N5O3S/c28-15-20(27-29-21-9-4-5-10-22(21)30-27)23(33)17-35-25(34)13-12-18-16-32(19-7-2-1-3-8-19)31-26(18)24-11-6-14-36-24/h1-14,16,33H,17H2,(H,29,30). The molecule has 0 saturated heterocycles. The maximum absolute atomic E-state index is 12.4. The average molecular weight is 494 g/mol. The topological polar surface area (TPSA) is 117 Å². The lowest BCUT2D eigenvalue weighted by molar-refractivity contribution is -0.137. The molecule has 0 aliphatic heterocycles. The van der Waals surface area contributed by atoms with Gasteiger partial charge in [0.15, 0.2) is 11.6 Å². The van der Waals surface area contributed by atoms with Gasteiger partial charge < -0.3 is 14.8 Å². The van der Waals surface area contributed by atoms with Crippen molar-refractivity contribution in [3.05, 3.63) is 102 Å². The highest BCUT2D eigenvalue weighted by atomic mass is 32.1. The number of aliphatic hydroxyl groups excluding tert-OH is 1. The number of aliphatic hydroxyl groups is 1. The van der Waals surface area contributed by atoms with E-state index in [1.807, 2.05) is 78.3 Å². The molecule has 8 nitrogen and oxygen atoms in total. The fourth-order valence-corrected chi connectivity index (χ4v) is 4.30. The highest BCUT2D eigenvalue weighted by molar-refractivity contribution is 7.13. The molecule has 3 aromatic heterocycles. The molecule has 5 rings (SSSR count). The van der Waals surface area contributed by atoms with Crippen LogP contribution in [0.2, 0.25) is 0 Å². The Morgan fingerprint density at radius 3 is 2.69 bits per heavy atom. The molecule has 0 radical (unpaired) electrons. The van der Waals surface area contributed by atoms with E-state index < -0.39 is 18.3 Å². The number of allylic oxidation sites excluding steroid dienone is 1. The van der Waals surface area contributed by atoms with E-state index in [1.165, 1.54) is 6.08 Å². The summed E-state index contributed by atoms with van der Waals surface area (Å²) in [6, 6.07) is 22.7. The van der Waals surface area contributed by atoms with Crippen molar-refractivity contribution in [2.24, 2.45) is 0 Å². The summed E-state index contributed by atoms with van der Waals surface area (Å²) in [5.74, 6) is -0.862. The molecule has 36 heavy (non-hydrogen) atoms. The highest BCUT2D eigenvalue weighted by Crippen LogP contribution is 2.28. The van der Waals surface area contributed by atoms with Crippen molar-refractivity contribution in [3.8, 4) is 22.3 Å². The van der Waals surface area contributed by atoms with Crippen LogP contribution in [0.25, 0.3) is 38.9 Å². The van der Waals surface area contributed by atoms with Crippen LogP contribution in [-0.2, 0) is 9.53 Å². The third kappa shape index (κ3) is 4.80. The van der Waals surface area contributed by atoms with Crippen LogP contribution >= 0.6 is 11.3 Å². The van der Waals surface area contributed by atoms with E-state index in [0.717, 1.165) is 27.3 Å². The van der Waals surface area contributed by atoms with Crippen LogP contribution in [0.15, 0.2) is 90.1 Å². The van der Waals surface area contributed by atoms with Crippen LogP contribution in [0, 0.1) is 11.3 Å². The number of hydrogen-bond acceptors (Lipinski definition) is 7. The number of benzene rings is 2. The van der Waals surface area contributed by atoms with E-state index >= 15 is 0 Å². The molecular weight excluding hydrogens is 474 g/mol. The number of esters is 1. The minimum atomic E-state index is -0.673. The Hall–Kier alpha value is -4.94. The Morgan fingerprint density at radius 2 is 1.94 bits per heavy atom. The number of rotatable bonds is 7.